The van der Waals surface area contributed by atoms with E-state index in [4.69, 9.17) is 10.5 Å². The fourth-order valence-electron chi connectivity index (χ4n) is 2.66. The molecule has 17 heavy (non-hydrogen) atoms. The summed E-state index contributed by atoms with van der Waals surface area (Å²) in [4.78, 5) is 13.9. The van der Waals surface area contributed by atoms with Crippen molar-refractivity contribution in [1.29, 1.82) is 0 Å². The van der Waals surface area contributed by atoms with Gasteiger partial charge in [0.05, 0.1) is 12.6 Å². The number of hydrogen-bond acceptors (Lipinski definition) is 3. The molecule has 3 rings (SSSR count). The molecule has 2 unspecified atom stereocenters. The van der Waals surface area contributed by atoms with Crippen molar-refractivity contribution in [1.82, 2.24) is 0 Å². The minimum Gasteiger partial charge on any atom is -0.366 e. The Bertz CT molecular complexity index is 447. The van der Waals surface area contributed by atoms with Crippen molar-refractivity contribution < 1.29 is 9.53 Å². The molecule has 4 nitrogen and oxygen atoms in total. The molecule has 4 heteroatoms. The molecule has 2 fully saturated rings. The summed E-state index contributed by atoms with van der Waals surface area (Å²) in [6, 6.07) is 8.30. The molecule has 1 aromatic carbocycles. The van der Waals surface area contributed by atoms with Crippen LogP contribution in [-0.4, -0.2) is 31.2 Å². The van der Waals surface area contributed by atoms with Crippen LogP contribution in [0.1, 0.15) is 12.0 Å². The Morgan fingerprint density at radius 1 is 1.47 bits per heavy atom. The molecule has 2 aliphatic rings. The lowest BCUT2D eigenvalue weighted by Gasteiger charge is -2.27. The third-order valence-electron chi connectivity index (χ3n) is 3.48. The molecule has 0 aromatic heterocycles. The summed E-state index contributed by atoms with van der Waals surface area (Å²) in [7, 11) is 0. The quantitative estimate of drug-likeness (QED) is 0.834. The number of ether oxygens (including phenoxy) is 1. The lowest BCUT2D eigenvalue weighted by Crippen LogP contribution is -2.41. The van der Waals surface area contributed by atoms with Crippen LogP contribution >= 0.6 is 0 Å². The van der Waals surface area contributed by atoms with Crippen LogP contribution in [0.3, 0.4) is 0 Å². The standard InChI is InChI=1S/C13H16N2O2/c14-5-4-9-2-1-3-10(6-9)15-11-7-12(13(15)16)17-8-11/h1-3,6,11-12H,4-5,7-8,14H2. The van der Waals surface area contributed by atoms with Gasteiger partial charge >= 0.3 is 0 Å². The van der Waals surface area contributed by atoms with Gasteiger partial charge < -0.3 is 15.4 Å². The molecule has 0 aliphatic carbocycles. The van der Waals surface area contributed by atoms with Gasteiger partial charge in [0.1, 0.15) is 6.10 Å². The van der Waals surface area contributed by atoms with Gasteiger partial charge in [0.2, 0.25) is 0 Å². The van der Waals surface area contributed by atoms with Crippen molar-refractivity contribution in [2.24, 2.45) is 5.73 Å². The van der Waals surface area contributed by atoms with E-state index >= 15 is 0 Å². The van der Waals surface area contributed by atoms with Gasteiger partial charge in [0, 0.05) is 12.1 Å². The van der Waals surface area contributed by atoms with E-state index in [9.17, 15) is 4.79 Å². The second-order valence-electron chi connectivity index (χ2n) is 4.63. The number of carbonyl (C=O) groups is 1. The Labute approximate surface area is 100 Å². The van der Waals surface area contributed by atoms with Crippen molar-refractivity contribution in [2.75, 3.05) is 18.1 Å². The Morgan fingerprint density at radius 2 is 2.35 bits per heavy atom. The first-order chi connectivity index (χ1) is 8.29. The van der Waals surface area contributed by atoms with Crippen molar-refractivity contribution in [3.05, 3.63) is 29.8 Å². The molecule has 2 bridgehead atoms. The van der Waals surface area contributed by atoms with E-state index in [0.29, 0.717) is 13.2 Å². The molecule has 2 heterocycles. The molecule has 2 aliphatic heterocycles. The van der Waals surface area contributed by atoms with Crippen LogP contribution < -0.4 is 10.6 Å². The predicted octanol–water partition coefficient (Wildman–Crippen LogP) is 0.692. The highest BCUT2D eigenvalue weighted by Gasteiger charge is 2.46. The molecular weight excluding hydrogens is 216 g/mol. The number of nitrogens with two attached hydrogens (primary N) is 1. The summed E-state index contributed by atoms with van der Waals surface area (Å²) >= 11 is 0. The van der Waals surface area contributed by atoms with Crippen LogP contribution in [0.5, 0.6) is 0 Å². The molecule has 90 valence electrons. The molecule has 0 saturated carbocycles. The Balaban J connectivity index is 1.89. The summed E-state index contributed by atoms with van der Waals surface area (Å²) in [5.74, 6) is 0.103. The normalized spacial score (nSPS) is 26.9. The van der Waals surface area contributed by atoms with Crippen LogP contribution in [0.15, 0.2) is 24.3 Å². The van der Waals surface area contributed by atoms with Crippen LogP contribution in [0.25, 0.3) is 0 Å². The maximum absolute atomic E-state index is 12.0. The number of fused-ring (bicyclic) bond motifs is 2. The number of amides is 1. The first-order valence-corrected chi connectivity index (χ1v) is 6.03. The molecule has 0 radical (unpaired) electrons. The number of benzene rings is 1. The third-order valence-corrected chi connectivity index (χ3v) is 3.48. The zero-order valence-electron chi connectivity index (χ0n) is 9.63. The predicted molar refractivity (Wildman–Crippen MR) is 64.8 cm³/mol. The molecule has 2 N–H and O–H groups in total. The van der Waals surface area contributed by atoms with Crippen molar-refractivity contribution in [2.45, 2.75) is 25.0 Å². The number of rotatable bonds is 3. The smallest absolute Gasteiger partial charge is 0.256 e. The van der Waals surface area contributed by atoms with Gasteiger partial charge in [0.15, 0.2) is 0 Å². The zero-order chi connectivity index (χ0) is 11.8. The third kappa shape index (κ3) is 1.73. The van der Waals surface area contributed by atoms with E-state index in [1.807, 2.05) is 23.1 Å². The lowest BCUT2D eigenvalue weighted by atomic mass is 10.1. The van der Waals surface area contributed by atoms with E-state index in [2.05, 4.69) is 6.07 Å². The van der Waals surface area contributed by atoms with Crippen LogP contribution in [0.2, 0.25) is 0 Å². The molecular formula is C13H16N2O2. The van der Waals surface area contributed by atoms with E-state index in [1.165, 1.54) is 5.56 Å². The molecule has 2 saturated heterocycles. The average Bonchev–Trinajstić information content (AvgIpc) is 2.90. The summed E-state index contributed by atoms with van der Waals surface area (Å²) in [5, 5.41) is 0. The van der Waals surface area contributed by atoms with Crippen LogP contribution in [0.4, 0.5) is 5.69 Å². The fourth-order valence-corrected chi connectivity index (χ4v) is 2.66. The van der Waals surface area contributed by atoms with Crippen LogP contribution in [-0.2, 0) is 16.0 Å². The van der Waals surface area contributed by atoms with Crippen molar-refractivity contribution >= 4 is 11.6 Å². The number of hydrogen-bond donors (Lipinski definition) is 1. The SMILES string of the molecule is NCCc1cccc(N2C(=O)C3CC2CO3)c1. The van der Waals surface area contributed by atoms with Crippen LogP contribution in [0, 0.1) is 0 Å². The second-order valence-corrected chi connectivity index (χ2v) is 4.63. The van der Waals surface area contributed by atoms with Gasteiger partial charge in [-0.3, -0.25) is 4.79 Å². The second kappa shape index (κ2) is 4.13. The zero-order valence-corrected chi connectivity index (χ0v) is 9.63. The fraction of sp³-hybridized carbons (Fsp3) is 0.462. The van der Waals surface area contributed by atoms with E-state index in [-0.39, 0.29) is 18.1 Å². The molecule has 2 atom stereocenters. The maximum atomic E-state index is 12.0. The van der Waals surface area contributed by atoms with Gasteiger partial charge in [-0.25, -0.2) is 0 Å². The molecule has 1 aromatic rings. The summed E-state index contributed by atoms with van der Waals surface area (Å²) in [5.41, 5.74) is 7.72. The lowest BCUT2D eigenvalue weighted by molar-refractivity contribution is -0.128. The van der Waals surface area contributed by atoms with E-state index < -0.39 is 0 Å². The first kappa shape index (κ1) is 10.7. The summed E-state index contributed by atoms with van der Waals surface area (Å²) in [6.07, 6.45) is 1.47. The highest BCUT2D eigenvalue weighted by Crippen LogP contribution is 2.33. The average molecular weight is 232 g/mol. The first-order valence-electron chi connectivity index (χ1n) is 6.03. The number of morpholine rings is 1. The number of nitrogens with zero attached hydrogens (tertiary/aromatic N) is 1. The van der Waals surface area contributed by atoms with Gasteiger partial charge in [0.25, 0.3) is 5.91 Å². The summed E-state index contributed by atoms with van der Waals surface area (Å²) < 4.78 is 5.38. The Kier molecular flexibility index (Phi) is 2.61. The summed E-state index contributed by atoms with van der Waals surface area (Å²) in [6.45, 7) is 1.30. The minimum absolute atomic E-state index is 0.103. The van der Waals surface area contributed by atoms with Gasteiger partial charge in [-0.15, -0.1) is 0 Å². The highest BCUT2D eigenvalue weighted by atomic mass is 16.5. The maximum Gasteiger partial charge on any atom is 0.256 e. The van der Waals surface area contributed by atoms with Gasteiger partial charge in [-0.2, -0.15) is 0 Å². The van der Waals surface area contributed by atoms with E-state index in [1.54, 1.807) is 0 Å². The minimum atomic E-state index is -0.210. The van der Waals surface area contributed by atoms with E-state index in [0.717, 1.165) is 18.5 Å². The van der Waals surface area contributed by atoms with Crippen molar-refractivity contribution in [3.8, 4) is 0 Å². The molecule has 0 spiro atoms. The van der Waals surface area contributed by atoms with Gasteiger partial charge in [-0.1, -0.05) is 12.1 Å². The largest absolute Gasteiger partial charge is 0.366 e. The monoisotopic (exact) mass is 232 g/mol. The Morgan fingerprint density at radius 3 is 3.06 bits per heavy atom. The van der Waals surface area contributed by atoms with Gasteiger partial charge in [-0.05, 0) is 30.7 Å². The molecule has 1 amide bonds. The topological polar surface area (TPSA) is 55.6 Å². The number of anilines is 1. The highest BCUT2D eigenvalue weighted by molar-refractivity contribution is 6.00. The Hall–Kier alpha value is -1.39. The number of carbonyl (C=O) groups excluding carboxylic acids is 1. The van der Waals surface area contributed by atoms with Crippen molar-refractivity contribution in [3.63, 3.8) is 0 Å².